The molecule has 64 heavy (non-hydrogen) atoms. The Morgan fingerprint density at radius 3 is 1.62 bits per heavy atom. The van der Waals surface area contributed by atoms with E-state index in [4.69, 9.17) is 4.98 Å². The van der Waals surface area contributed by atoms with Crippen LogP contribution in [-0.4, -0.2) is 14.0 Å². The molecule has 0 spiro atoms. The number of fused-ring (bicyclic) bond motifs is 13. The third-order valence-electron chi connectivity index (χ3n) is 13.7. The monoisotopic (exact) mass is 818 g/mol. The number of para-hydroxylation sites is 2. The van der Waals surface area contributed by atoms with Gasteiger partial charge in [-0.1, -0.05) is 172 Å². The van der Waals surface area contributed by atoms with Crippen molar-refractivity contribution in [2.24, 2.45) is 0 Å². The minimum absolute atomic E-state index is 0.104. The van der Waals surface area contributed by atoms with E-state index >= 15 is 0 Å². The molecular weight excluding hydrogens is 777 g/mol. The molecule has 4 nitrogen and oxygen atoms in total. The molecule has 0 amide bonds. The zero-order valence-corrected chi connectivity index (χ0v) is 35.6. The number of benzene rings is 9. The molecule has 4 heteroatoms. The van der Waals surface area contributed by atoms with Crippen LogP contribution in [0.15, 0.2) is 218 Å². The highest BCUT2D eigenvalue weighted by atomic mass is 15.2. The van der Waals surface area contributed by atoms with E-state index in [2.05, 4.69) is 246 Å². The van der Waals surface area contributed by atoms with Crippen LogP contribution in [0.4, 0.5) is 17.1 Å². The number of aromatic nitrogens is 3. The predicted molar refractivity (Wildman–Crippen MR) is 268 cm³/mol. The summed E-state index contributed by atoms with van der Waals surface area (Å²) in [5, 5.41) is 4.73. The van der Waals surface area contributed by atoms with E-state index in [0.717, 1.165) is 72.5 Å². The van der Waals surface area contributed by atoms with E-state index in [1.165, 1.54) is 44.2 Å². The number of imidazole rings is 1. The Balaban J connectivity index is 0.904. The number of rotatable bonds is 6. The molecule has 0 aliphatic heterocycles. The normalized spacial score (nSPS) is 13.0. The summed E-state index contributed by atoms with van der Waals surface area (Å²) in [5.41, 5.74) is 19.8. The van der Waals surface area contributed by atoms with Crippen LogP contribution in [0.1, 0.15) is 25.0 Å². The quantitative estimate of drug-likeness (QED) is 0.156. The van der Waals surface area contributed by atoms with Crippen molar-refractivity contribution < 1.29 is 0 Å². The number of anilines is 3. The van der Waals surface area contributed by atoms with Crippen LogP contribution in [0.5, 0.6) is 0 Å². The molecule has 3 aromatic heterocycles. The van der Waals surface area contributed by atoms with Gasteiger partial charge in [0.1, 0.15) is 11.2 Å². The summed E-state index contributed by atoms with van der Waals surface area (Å²) in [6.45, 7) is 4.70. The van der Waals surface area contributed by atoms with Gasteiger partial charge in [0.15, 0.2) is 5.65 Å². The predicted octanol–water partition coefficient (Wildman–Crippen LogP) is 15.8. The van der Waals surface area contributed by atoms with Gasteiger partial charge in [0.25, 0.3) is 0 Å². The Labute approximate surface area is 371 Å². The maximum atomic E-state index is 5.39. The van der Waals surface area contributed by atoms with Gasteiger partial charge in [0.05, 0.1) is 11.0 Å². The lowest BCUT2D eigenvalue weighted by molar-refractivity contribution is 0.660. The summed E-state index contributed by atoms with van der Waals surface area (Å²) in [4.78, 5) is 7.78. The molecule has 9 aromatic carbocycles. The molecule has 0 radical (unpaired) electrons. The van der Waals surface area contributed by atoms with Crippen molar-refractivity contribution in [3.05, 3.63) is 230 Å². The first-order chi connectivity index (χ1) is 31.5. The van der Waals surface area contributed by atoms with Crippen LogP contribution in [0.3, 0.4) is 0 Å². The van der Waals surface area contributed by atoms with Crippen molar-refractivity contribution in [1.82, 2.24) is 14.0 Å². The molecule has 0 saturated heterocycles. The van der Waals surface area contributed by atoms with Crippen LogP contribution >= 0.6 is 0 Å². The third-order valence-corrected chi connectivity index (χ3v) is 13.7. The molecule has 13 rings (SSSR count). The van der Waals surface area contributed by atoms with Gasteiger partial charge in [-0.25, -0.2) is 4.98 Å². The summed E-state index contributed by atoms with van der Waals surface area (Å²) < 4.78 is 4.75. The standard InChI is InChI=1S/C60H42N4/c1-60(2)53-21-11-8-17-48(53)49-37-36-46(38-54(49)60)62(43-30-24-40(25-31-43)39-14-4-3-5-15-39)44-32-26-41(27-33-44)42-28-34-45(35-29-42)63-56-23-13-10-20-52(56)57-59(63)64-55-22-12-9-18-50(55)47-16-6-7-19-51(47)58(64)61-57/h3-38H,1-2H3. The molecule has 0 saturated carbocycles. The maximum absolute atomic E-state index is 5.39. The minimum Gasteiger partial charge on any atom is -0.310 e. The summed E-state index contributed by atoms with van der Waals surface area (Å²) in [6.07, 6.45) is 0. The van der Waals surface area contributed by atoms with Gasteiger partial charge in [-0.15, -0.1) is 0 Å². The Hall–Kier alpha value is -8.21. The molecule has 0 atom stereocenters. The topological polar surface area (TPSA) is 25.5 Å². The lowest BCUT2D eigenvalue weighted by atomic mass is 9.82. The average molecular weight is 819 g/mol. The fourth-order valence-electron chi connectivity index (χ4n) is 10.6. The van der Waals surface area contributed by atoms with Gasteiger partial charge in [-0.3, -0.25) is 8.97 Å². The van der Waals surface area contributed by atoms with Gasteiger partial charge in [-0.05, 0) is 111 Å². The highest BCUT2D eigenvalue weighted by Gasteiger charge is 2.35. The Morgan fingerprint density at radius 2 is 0.922 bits per heavy atom. The fourth-order valence-corrected chi connectivity index (χ4v) is 10.6. The molecule has 0 fully saturated rings. The highest BCUT2D eigenvalue weighted by Crippen LogP contribution is 2.51. The molecule has 1 aliphatic rings. The average Bonchev–Trinajstić information content (AvgIpc) is 3.98. The summed E-state index contributed by atoms with van der Waals surface area (Å²) >= 11 is 0. The second-order valence-electron chi connectivity index (χ2n) is 17.6. The van der Waals surface area contributed by atoms with Crippen LogP contribution < -0.4 is 4.90 Å². The van der Waals surface area contributed by atoms with E-state index in [1.54, 1.807) is 0 Å². The molecule has 0 bridgehead atoms. The van der Waals surface area contributed by atoms with Gasteiger partial charge < -0.3 is 4.90 Å². The zero-order chi connectivity index (χ0) is 42.5. The SMILES string of the molecule is CC1(C)c2ccccc2-c2ccc(N(c3ccc(-c4ccccc4)cc3)c3ccc(-c4ccc(-n5c6ccccc6c6nc7c8ccccc8c8ccccc8n7c65)cc4)cc3)cc21. The smallest absolute Gasteiger partial charge is 0.151 e. The molecule has 1 aliphatic carbocycles. The molecular formula is C60H42N4. The van der Waals surface area contributed by atoms with Crippen LogP contribution in [0.25, 0.3) is 88.5 Å². The van der Waals surface area contributed by atoms with Crippen molar-refractivity contribution in [1.29, 1.82) is 0 Å². The Morgan fingerprint density at radius 1 is 0.406 bits per heavy atom. The van der Waals surface area contributed by atoms with E-state index in [0.29, 0.717) is 0 Å². The Kier molecular flexibility index (Phi) is 7.92. The molecule has 0 unspecified atom stereocenters. The number of nitrogens with zero attached hydrogens (tertiary/aromatic N) is 4. The van der Waals surface area contributed by atoms with Crippen molar-refractivity contribution >= 4 is 66.5 Å². The van der Waals surface area contributed by atoms with Crippen molar-refractivity contribution in [2.75, 3.05) is 4.90 Å². The maximum Gasteiger partial charge on any atom is 0.151 e. The molecule has 0 N–H and O–H groups in total. The van der Waals surface area contributed by atoms with E-state index in [-0.39, 0.29) is 5.41 Å². The Bertz CT molecular complexity index is 3780. The third kappa shape index (κ3) is 5.39. The molecule has 302 valence electrons. The second kappa shape index (κ2) is 13.9. The lowest BCUT2D eigenvalue weighted by Crippen LogP contribution is -2.16. The summed E-state index contributed by atoms with van der Waals surface area (Å²) in [5.74, 6) is 0. The van der Waals surface area contributed by atoms with Crippen LogP contribution in [-0.2, 0) is 5.41 Å². The molecule has 3 heterocycles. The van der Waals surface area contributed by atoms with Crippen molar-refractivity contribution in [3.8, 4) is 39.1 Å². The van der Waals surface area contributed by atoms with Gasteiger partial charge >= 0.3 is 0 Å². The first-order valence-corrected chi connectivity index (χ1v) is 22.1. The van der Waals surface area contributed by atoms with Crippen LogP contribution in [0, 0.1) is 0 Å². The van der Waals surface area contributed by atoms with Gasteiger partial charge in [0, 0.05) is 44.3 Å². The van der Waals surface area contributed by atoms with Gasteiger partial charge in [-0.2, -0.15) is 0 Å². The van der Waals surface area contributed by atoms with Gasteiger partial charge in [0.2, 0.25) is 0 Å². The van der Waals surface area contributed by atoms with Crippen molar-refractivity contribution in [3.63, 3.8) is 0 Å². The van der Waals surface area contributed by atoms with E-state index in [9.17, 15) is 0 Å². The van der Waals surface area contributed by atoms with E-state index < -0.39 is 0 Å². The zero-order valence-electron chi connectivity index (χ0n) is 35.6. The largest absolute Gasteiger partial charge is 0.310 e. The second-order valence-corrected chi connectivity index (χ2v) is 17.6. The summed E-state index contributed by atoms with van der Waals surface area (Å²) in [7, 11) is 0. The number of pyridine rings is 1. The van der Waals surface area contributed by atoms with Crippen molar-refractivity contribution in [2.45, 2.75) is 19.3 Å². The number of hydrogen-bond acceptors (Lipinski definition) is 2. The number of hydrogen-bond donors (Lipinski definition) is 0. The van der Waals surface area contributed by atoms with E-state index in [1.807, 2.05) is 0 Å². The lowest BCUT2D eigenvalue weighted by Gasteiger charge is -2.28. The highest BCUT2D eigenvalue weighted by molar-refractivity contribution is 6.16. The first-order valence-electron chi connectivity index (χ1n) is 22.1. The minimum atomic E-state index is -0.104. The molecule has 12 aromatic rings. The first kappa shape index (κ1) is 36.4. The summed E-state index contributed by atoms with van der Waals surface area (Å²) in [6, 6.07) is 79.5. The van der Waals surface area contributed by atoms with Crippen LogP contribution in [0.2, 0.25) is 0 Å². The fraction of sp³-hybridized carbons (Fsp3) is 0.0500.